The van der Waals surface area contributed by atoms with Gasteiger partial charge in [-0.15, -0.1) is 6.58 Å². The van der Waals surface area contributed by atoms with E-state index in [1.54, 1.807) is 0 Å². The Labute approximate surface area is 102 Å². The summed E-state index contributed by atoms with van der Waals surface area (Å²) in [5, 5.41) is 0. The lowest BCUT2D eigenvalue weighted by atomic mass is 9.91. The fourth-order valence-corrected chi connectivity index (χ4v) is 2.03. The molecule has 0 saturated carbocycles. The Kier molecular flexibility index (Phi) is 8.28. The second-order valence-electron chi connectivity index (χ2n) is 4.40. The van der Waals surface area contributed by atoms with E-state index in [0.29, 0.717) is 0 Å². The summed E-state index contributed by atoms with van der Waals surface area (Å²) in [6, 6.07) is 0. The Bertz CT molecular complexity index is 203. The summed E-state index contributed by atoms with van der Waals surface area (Å²) >= 11 is 0. The van der Waals surface area contributed by atoms with Crippen LogP contribution >= 0.6 is 0 Å². The minimum absolute atomic E-state index is 0.0418. The van der Waals surface area contributed by atoms with Crippen LogP contribution in [-0.4, -0.2) is 12.7 Å². The molecule has 0 amide bonds. The molecule has 0 heterocycles. The molecule has 0 aliphatic carbocycles. The van der Waals surface area contributed by atoms with E-state index in [-0.39, 0.29) is 5.60 Å². The number of hydrogen-bond donors (Lipinski definition) is 0. The molecule has 0 spiro atoms. The maximum atomic E-state index is 5.67. The van der Waals surface area contributed by atoms with Crippen LogP contribution < -0.4 is 0 Å². The van der Waals surface area contributed by atoms with Gasteiger partial charge < -0.3 is 4.74 Å². The molecule has 1 heteroatoms. The summed E-state index contributed by atoms with van der Waals surface area (Å²) in [7, 11) is 1.83. The molecule has 0 saturated heterocycles. The van der Waals surface area contributed by atoms with Crippen molar-refractivity contribution in [2.75, 3.05) is 7.11 Å². The minimum atomic E-state index is 0.0418. The highest BCUT2D eigenvalue weighted by atomic mass is 16.5. The molecular formula is C15H28O. The van der Waals surface area contributed by atoms with E-state index in [0.717, 1.165) is 25.7 Å². The third-order valence-corrected chi connectivity index (χ3v) is 3.46. The van der Waals surface area contributed by atoms with Gasteiger partial charge >= 0.3 is 0 Å². The molecule has 0 aromatic heterocycles. The summed E-state index contributed by atoms with van der Waals surface area (Å²) in [5.41, 5.74) is 1.54. The number of allylic oxidation sites excluding steroid dienone is 2. The van der Waals surface area contributed by atoms with E-state index in [4.69, 9.17) is 4.74 Å². The van der Waals surface area contributed by atoms with Crippen LogP contribution in [0.3, 0.4) is 0 Å². The average Bonchev–Trinajstić information content (AvgIpc) is 2.32. The van der Waals surface area contributed by atoms with Crippen molar-refractivity contribution in [3.05, 3.63) is 24.3 Å². The van der Waals surface area contributed by atoms with Crippen molar-refractivity contribution < 1.29 is 4.74 Å². The molecule has 0 rings (SSSR count). The second-order valence-corrected chi connectivity index (χ2v) is 4.40. The van der Waals surface area contributed by atoms with E-state index >= 15 is 0 Å². The Morgan fingerprint density at radius 1 is 1.25 bits per heavy atom. The second kappa shape index (κ2) is 8.58. The predicted octanol–water partition coefficient (Wildman–Crippen LogP) is 4.88. The van der Waals surface area contributed by atoms with Crippen molar-refractivity contribution in [3.63, 3.8) is 0 Å². The first-order chi connectivity index (χ1) is 7.67. The van der Waals surface area contributed by atoms with Crippen molar-refractivity contribution >= 4 is 0 Å². The van der Waals surface area contributed by atoms with Gasteiger partial charge in [-0.25, -0.2) is 0 Å². The van der Waals surface area contributed by atoms with Gasteiger partial charge in [-0.05, 0) is 32.1 Å². The van der Waals surface area contributed by atoms with Crippen LogP contribution in [0.4, 0.5) is 0 Å². The van der Waals surface area contributed by atoms with Crippen LogP contribution in [0.2, 0.25) is 0 Å². The third kappa shape index (κ3) is 4.98. The van der Waals surface area contributed by atoms with E-state index in [9.17, 15) is 0 Å². The minimum Gasteiger partial charge on any atom is -0.378 e. The van der Waals surface area contributed by atoms with Crippen LogP contribution in [0.5, 0.6) is 0 Å². The number of rotatable bonds is 9. The Balaban J connectivity index is 4.52. The molecule has 0 aromatic carbocycles. The monoisotopic (exact) mass is 224 g/mol. The van der Waals surface area contributed by atoms with Crippen LogP contribution in [0.1, 0.15) is 59.3 Å². The molecule has 0 bridgehead atoms. The van der Waals surface area contributed by atoms with E-state index in [1.165, 1.54) is 18.4 Å². The maximum absolute atomic E-state index is 5.67. The van der Waals surface area contributed by atoms with Crippen LogP contribution in [0.15, 0.2) is 24.3 Å². The van der Waals surface area contributed by atoms with Crippen LogP contribution in [0.25, 0.3) is 0 Å². The SMILES string of the molecule is C=CC/C(=C/CC(CC)(CC)OC)CCC. The lowest BCUT2D eigenvalue weighted by Gasteiger charge is -2.29. The van der Waals surface area contributed by atoms with Crippen LogP contribution in [0, 0.1) is 0 Å². The summed E-state index contributed by atoms with van der Waals surface area (Å²) in [4.78, 5) is 0. The van der Waals surface area contributed by atoms with Gasteiger partial charge in [0.25, 0.3) is 0 Å². The van der Waals surface area contributed by atoms with Crippen molar-refractivity contribution in [2.24, 2.45) is 0 Å². The smallest absolute Gasteiger partial charge is 0.0707 e. The molecule has 0 atom stereocenters. The van der Waals surface area contributed by atoms with Gasteiger partial charge in [0, 0.05) is 7.11 Å². The Morgan fingerprint density at radius 2 is 1.88 bits per heavy atom. The topological polar surface area (TPSA) is 9.23 Å². The zero-order chi connectivity index (χ0) is 12.4. The van der Waals surface area contributed by atoms with Gasteiger partial charge in [-0.3, -0.25) is 0 Å². The zero-order valence-electron chi connectivity index (χ0n) is 11.5. The van der Waals surface area contributed by atoms with Gasteiger partial charge in [-0.1, -0.05) is 44.9 Å². The fourth-order valence-electron chi connectivity index (χ4n) is 2.03. The molecule has 0 radical (unpaired) electrons. The molecule has 0 aliphatic rings. The van der Waals surface area contributed by atoms with Crippen LogP contribution in [-0.2, 0) is 4.74 Å². The average molecular weight is 224 g/mol. The van der Waals surface area contributed by atoms with Gasteiger partial charge in [0.1, 0.15) is 0 Å². The molecule has 0 N–H and O–H groups in total. The predicted molar refractivity (Wildman–Crippen MR) is 72.7 cm³/mol. The molecule has 0 unspecified atom stereocenters. The molecule has 0 aliphatic heterocycles. The summed E-state index contributed by atoms with van der Waals surface area (Å²) in [6.07, 6.45) is 10.9. The molecular weight excluding hydrogens is 196 g/mol. The van der Waals surface area contributed by atoms with Gasteiger partial charge in [0.2, 0.25) is 0 Å². The quantitative estimate of drug-likeness (QED) is 0.507. The zero-order valence-corrected chi connectivity index (χ0v) is 11.5. The first-order valence-electron chi connectivity index (χ1n) is 6.51. The fraction of sp³-hybridized carbons (Fsp3) is 0.733. The van der Waals surface area contributed by atoms with Crippen molar-refractivity contribution in [2.45, 2.75) is 64.9 Å². The molecule has 94 valence electrons. The summed E-state index contributed by atoms with van der Waals surface area (Å²) in [5.74, 6) is 0. The van der Waals surface area contributed by atoms with E-state index in [1.807, 2.05) is 13.2 Å². The lowest BCUT2D eigenvalue weighted by Crippen LogP contribution is -2.28. The standard InChI is InChI=1S/C15H28O/c1-6-10-14(11-7-2)12-13-15(8-3,9-4)16-5/h6,12H,1,7-11,13H2,2-5H3/b14-12-. The molecule has 0 fully saturated rings. The highest BCUT2D eigenvalue weighted by molar-refractivity contribution is 5.08. The highest BCUT2D eigenvalue weighted by Crippen LogP contribution is 2.26. The Morgan fingerprint density at radius 3 is 2.25 bits per heavy atom. The largest absolute Gasteiger partial charge is 0.378 e. The molecule has 16 heavy (non-hydrogen) atoms. The normalized spacial score (nSPS) is 12.9. The van der Waals surface area contributed by atoms with Gasteiger partial charge in [0.15, 0.2) is 0 Å². The summed E-state index contributed by atoms with van der Waals surface area (Å²) < 4.78 is 5.67. The number of methoxy groups -OCH3 is 1. The highest BCUT2D eigenvalue weighted by Gasteiger charge is 2.23. The lowest BCUT2D eigenvalue weighted by molar-refractivity contribution is -0.0143. The maximum Gasteiger partial charge on any atom is 0.0707 e. The number of ether oxygens (including phenoxy) is 1. The van der Waals surface area contributed by atoms with Crippen molar-refractivity contribution in [3.8, 4) is 0 Å². The third-order valence-electron chi connectivity index (χ3n) is 3.46. The van der Waals surface area contributed by atoms with Crippen molar-refractivity contribution in [1.29, 1.82) is 0 Å². The van der Waals surface area contributed by atoms with E-state index in [2.05, 4.69) is 33.4 Å². The van der Waals surface area contributed by atoms with Gasteiger partial charge in [0.05, 0.1) is 5.60 Å². The first-order valence-corrected chi connectivity index (χ1v) is 6.51. The number of hydrogen-bond acceptors (Lipinski definition) is 1. The molecule has 1 nitrogen and oxygen atoms in total. The van der Waals surface area contributed by atoms with E-state index < -0.39 is 0 Å². The van der Waals surface area contributed by atoms with Gasteiger partial charge in [-0.2, -0.15) is 0 Å². The summed E-state index contributed by atoms with van der Waals surface area (Å²) in [6.45, 7) is 10.4. The molecule has 0 aromatic rings. The first kappa shape index (κ1) is 15.4. The van der Waals surface area contributed by atoms with Crippen molar-refractivity contribution in [1.82, 2.24) is 0 Å². The Hall–Kier alpha value is -0.560.